The molecule has 1 heterocycles. The Bertz CT molecular complexity index is 800. The van der Waals surface area contributed by atoms with E-state index in [1.54, 1.807) is 51.6 Å². The number of rotatable bonds is 8. The maximum atomic E-state index is 12.9. The van der Waals surface area contributed by atoms with Gasteiger partial charge in [-0.2, -0.15) is 0 Å². The Morgan fingerprint density at radius 2 is 1.89 bits per heavy atom. The number of benzene rings is 1. The highest BCUT2D eigenvalue weighted by Crippen LogP contribution is 2.20. The Kier molecular flexibility index (Phi) is 7.47. The van der Waals surface area contributed by atoms with Crippen LogP contribution in [0.4, 0.5) is 4.39 Å². The van der Waals surface area contributed by atoms with E-state index < -0.39 is 5.97 Å². The van der Waals surface area contributed by atoms with Crippen molar-refractivity contribution in [3.05, 3.63) is 52.6 Å². The average Bonchev–Trinajstić information content (AvgIpc) is 2.90. The highest BCUT2D eigenvalue weighted by Gasteiger charge is 2.23. The molecule has 0 radical (unpaired) electrons. The molecule has 2 rings (SSSR count). The lowest BCUT2D eigenvalue weighted by molar-refractivity contribution is 0.0376. The minimum Gasteiger partial charge on any atom is -0.459 e. The Balaban J connectivity index is 1.85. The maximum absolute atomic E-state index is 12.9. The number of amides is 1. The molecule has 0 unspecified atom stereocenters. The second-order valence-corrected chi connectivity index (χ2v) is 7.66. The minimum atomic E-state index is -0.425. The van der Waals surface area contributed by atoms with Crippen molar-refractivity contribution in [3.8, 4) is 0 Å². The molecular weight excluding hydrogens is 367 g/mol. The van der Waals surface area contributed by atoms with Gasteiger partial charge in [-0.05, 0) is 69.7 Å². The van der Waals surface area contributed by atoms with E-state index in [1.165, 1.54) is 12.1 Å². The smallest absolute Gasteiger partial charge is 0.340 e. The summed E-state index contributed by atoms with van der Waals surface area (Å²) in [5.41, 5.74) is 2.02. The van der Waals surface area contributed by atoms with Crippen LogP contribution in [-0.2, 0) is 4.74 Å². The van der Waals surface area contributed by atoms with Crippen molar-refractivity contribution < 1.29 is 18.7 Å². The zero-order valence-electron chi connectivity index (χ0n) is 16.0. The maximum Gasteiger partial charge on any atom is 0.340 e. The number of hydrogen-bond acceptors (Lipinski definition) is 4. The summed E-state index contributed by atoms with van der Waals surface area (Å²) in [6, 6.07) is 6.34. The number of aromatic amines is 1. The van der Waals surface area contributed by atoms with E-state index in [1.807, 2.05) is 0 Å². The normalized spacial score (nSPS) is 10.9. The molecule has 0 spiro atoms. The van der Waals surface area contributed by atoms with E-state index in [2.05, 4.69) is 10.3 Å². The topological polar surface area (TPSA) is 71.2 Å². The zero-order valence-corrected chi connectivity index (χ0v) is 16.8. The summed E-state index contributed by atoms with van der Waals surface area (Å²) in [6.07, 6.45) is 0.552. The first-order valence-corrected chi connectivity index (χ1v) is 9.85. The predicted molar refractivity (Wildman–Crippen MR) is 105 cm³/mol. The zero-order chi connectivity index (χ0) is 20.0. The molecular formula is C20H25FN2O3S. The van der Waals surface area contributed by atoms with Gasteiger partial charge in [0.05, 0.1) is 11.7 Å². The molecule has 0 bridgehead atoms. The Morgan fingerprint density at radius 3 is 2.52 bits per heavy atom. The molecule has 146 valence electrons. The van der Waals surface area contributed by atoms with Crippen molar-refractivity contribution >= 4 is 23.6 Å². The largest absolute Gasteiger partial charge is 0.459 e. The summed E-state index contributed by atoms with van der Waals surface area (Å²) >= 11 is 1.61. The minimum absolute atomic E-state index is 0.220. The summed E-state index contributed by atoms with van der Waals surface area (Å²) in [5.74, 6) is -0.113. The second kappa shape index (κ2) is 9.60. The molecule has 5 nitrogen and oxygen atoms in total. The van der Waals surface area contributed by atoms with Gasteiger partial charge >= 0.3 is 5.97 Å². The number of aryl methyl sites for hydroxylation is 1. The summed E-state index contributed by atoms with van der Waals surface area (Å²) in [4.78, 5) is 28.6. The van der Waals surface area contributed by atoms with Gasteiger partial charge in [0.1, 0.15) is 11.5 Å². The first-order chi connectivity index (χ1) is 12.8. The van der Waals surface area contributed by atoms with Crippen LogP contribution in [0.5, 0.6) is 0 Å². The fourth-order valence-electron chi connectivity index (χ4n) is 2.64. The molecule has 0 atom stereocenters. The quantitative estimate of drug-likeness (QED) is 0.400. The van der Waals surface area contributed by atoms with Gasteiger partial charge in [-0.1, -0.05) is 0 Å². The third-order valence-corrected chi connectivity index (χ3v) is 5.00. The van der Waals surface area contributed by atoms with Crippen molar-refractivity contribution in [3.63, 3.8) is 0 Å². The van der Waals surface area contributed by atoms with Crippen LogP contribution in [0.15, 0.2) is 29.2 Å². The van der Waals surface area contributed by atoms with Gasteiger partial charge in [0, 0.05) is 17.1 Å². The van der Waals surface area contributed by atoms with E-state index in [0.29, 0.717) is 29.1 Å². The van der Waals surface area contributed by atoms with Gasteiger partial charge < -0.3 is 15.0 Å². The van der Waals surface area contributed by atoms with E-state index in [4.69, 9.17) is 4.74 Å². The van der Waals surface area contributed by atoms with E-state index >= 15 is 0 Å². The molecule has 0 aliphatic rings. The molecule has 0 aliphatic heterocycles. The number of carbonyl (C=O) groups excluding carboxylic acids is 2. The summed E-state index contributed by atoms with van der Waals surface area (Å²) in [7, 11) is 0. The molecule has 0 saturated carbocycles. The highest BCUT2D eigenvalue weighted by atomic mass is 32.2. The third kappa shape index (κ3) is 5.85. The molecule has 1 amide bonds. The van der Waals surface area contributed by atoms with Crippen LogP contribution in [0.2, 0.25) is 0 Å². The van der Waals surface area contributed by atoms with Crippen LogP contribution in [0, 0.1) is 19.7 Å². The monoisotopic (exact) mass is 392 g/mol. The van der Waals surface area contributed by atoms with Crippen LogP contribution >= 0.6 is 11.8 Å². The van der Waals surface area contributed by atoms with Crippen molar-refractivity contribution in [2.45, 2.75) is 45.1 Å². The number of carbonyl (C=O) groups is 2. The average molecular weight is 392 g/mol. The molecule has 2 aromatic rings. The van der Waals surface area contributed by atoms with Crippen molar-refractivity contribution in [1.29, 1.82) is 0 Å². The van der Waals surface area contributed by atoms with Crippen molar-refractivity contribution in [2.24, 2.45) is 0 Å². The fourth-order valence-corrected chi connectivity index (χ4v) is 3.49. The van der Waals surface area contributed by atoms with E-state index in [0.717, 1.165) is 17.1 Å². The van der Waals surface area contributed by atoms with Crippen molar-refractivity contribution in [2.75, 3.05) is 12.3 Å². The summed E-state index contributed by atoms with van der Waals surface area (Å²) < 4.78 is 18.1. The van der Waals surface area contributed by atoms with Gasteiger partial charge in [0.25, 0.3) is 5.91 Å². The first-order valence-electron chi connectivity index (χ1n) is 8.86. The van der Waals surface area contributed by atoms with Crippen molar-refractivity contribution in [1.82, 2.24) is 10.3 Å². The lowest BCUT2D eigenvalue weighted by atomic mass is 10.1. The Hall–Kier alpha value is -2.28. The molecule has 2 N–H and O–H groups in total. The molecule has 1 aromatic heterocycles. The SMILES string of the molecule is Cc1[nH]c(C(=O)NCCCSc2ccc(F)cc2)c(C)c1C(=O)OC(C)C. The van der Waals surface area contributed by atoms with Crippen LogP contribution < -0.4 is 5.32 Å². The predicted octanol–water partition coefficient (Wildman–Crippen LogP) is 4.25. The summed E-state index contributed by atoms with van der Waals surface area (Å²) in [5, 5.41) is 2.86. The number of H-pyrrole nitrogens is 1. The lowest BCUT2D eigenvalue weighted by Gasteiger charge is -2.08. The highest BCUT2D eigenvalue weighted by molar-refractivity contribution is 7.99. The fraction of sp³-hybridized carbons (Fsp3) is 0.400. The number of thioether (sulfide) groups is 1. The Morgan fingerprint density at radius 1 is 1.22 bits per heavy atom. The molecule has 0 saturated heterocycles. The van der Waals surface area contributed by atoms with E-state index in [9.17, 15) is 14.0 Å². The molecule has 27 heavy (non-hydrogen) atoms. The number of ether oxygens (including phenoxy) is 1. The van der Waals surface area contributed by atoms with Crippen LogP contribution in [0.25, 0.3) is 0 Å². The molecule has 0 fully saturated rings. The van der Waals surface area contributed by atoms with Crippen LogP contribution in [-0.4, -0.2) is 35.3 Å². The van der Waals surface area contributed by atoms with Gasteiger partial charge in [0.15, 0.2) is 0 Å². The number of halogens is 1. The van der Waals surface area contributed by atoms with Crippen LogP contribution in [0.1, 0.15) is 52.4 Å². The van der Waals surface area contributed by atoms with Gasteiger partial charge in [-0.3, -0.25) is 4.79 Å². The molecule has 1 aromatic carbocycles. The number of esters is 1. The molecule has 7 heteroatoms. The van der Waals surface area contributed by atoms with Gasteiger partial charge in [-0.15, -0.1) is 11.8 Å². The number of nitrogens with one attached hydrogen (secondary N) is 2. The van der Waals surface area contributed by atoms with Gasteiger partial charge in [0.2, 0.25) is 0 Å². The Labute approximate surface area is 163 Å². The second-order valence-electron chi connectivity index (χ2n) is 6.49. The number of aromatic nitrogens is 1. The van der Waals surface area contributed by atoms with Gasteiger partial charge in [-0.25, -0.2) is 9.18 Å². The van der Waals surface area contributed by atoms with E-state index in [-0.39, 0.29) is 17.8 Å². The number of hydrogen-bond donors (Lipinski definition) is 2. The third-order valence-electron chi connectivity index (χ3n) is 3.90. The first kappa shape index (κ1) is 21.0. The lowest BCUT2D eigenvalue weighted by Crippen LogP contribution is -2.26. The standard InChI is InChI=1S/C20H25FN2O3S/c1-12(2)26-20(25)17-13(3)18(23-14(17)4)19(24)22-10-5-11-27-16-8-6-15(21)7-9-16/h6-9,12,23H,5,10-11H2,1-4H3,(H,22,24). The summed E-state index contributed by atoms with van der Waals surface area (Å²) in [6.45, 7) is 7.57. The molecule has 0 aliphatic carbocycles. The van der Waals surface area contributed by atoms with Crippen LogP contribution in [0.3, 0.4) is 0 Å².